The van der Waals surface area contributed by atoms with Crippen LogP contribution in [0.2, 0.25) is 0 Å². The lowest BCUT2D eigenvalue weighted by atomic mass is 10.2. The third-order valence-corrected chi connectivity index (χ3v) is 4.27. The fourth-order valence-corrected chi connectivity index (χ4v) is 2.60. The van der Waals surface area contributed by atoms with Gasteiger partial charge in [0.2, 0.25) is 0 Å². The molecule has 98 valence electrons. The Balaban J connectivity index is 2.95. The lowest BCUT2D eigenvalue weighted by molar-refractivity contribution is 0.319. The van der Waals surface area contributed by atoms with Gasteiger partial charge >= 0.3 is 0 Å². The van der Waals surface area contributed by atoms with Crippen molar-refractivity contribution in [2.24, 2.45) is 0 Å². The predicted octanol–water partition coefficient (Wildman–Crippen LogP) is 0.328. The summed E-state index contributed by atoms with van der Waals surface area (Å²) in [6, 6.07) is 8.50. The van der Waals surface area contributed by atoms with Crippen LogP contribution in [0.25, 0.3) is 0 Å². The van der Waals surface area contributed by atoms with E-state index in [-0.39, 0.29) is 12.2 Å². The van der Waals surface area contributed by atoms with E-state index in [0.717, 1.165) is 0 Å². The van der Waals surface area contributed by atoms with Crippen LogP contribution in [0.4, 0.5) is 11.4 Å². The molecule has 0 aliphatic heterocycles. The number of nitriles is 1. The second-order valence-corrected chi connectivity index (χ2v) is 5.98. The molecule has 1 atom stereocenters. The molecule has 1 unspecified atom stereocenters. The van der Waals surface area contributed by atoms with Crippen LogP contribution in [-0.4, -0.2) is 31.3 Å². The van der Waals surface area contributed by atoms with Crippen LogP contribution < -0.4 is 11.1 Å². The van der Waals surface area contributed by atoms with Crippen molar-refractivity contribution in [3.05, 3.63) is 24.3 Å². The van der Waals surface area contributed by atoms with Crippen molar-refractivity contribution in [1.82, 2.24) is 0 Å². The molecule has 0 fully saturated rings. The van der Waals surface area contributed by atoms with Gasteiger partial charge in [-0.2, -0.15) is 5.26 Å². The molecule has 0 saturated heterocycles. The average molecular weight is 269 g/mol. The van der Waals surface area contributed by atoms with Crippen LogP contribution in [0.15, 0.2) is 24.3 Å². The molecule has 0 bridgehead atoms. The standard InChI is InChI=1S/C11H15N3O3S/c12-6-5-11(18(16,17)8-7-15)14-10-4-2-1-3-9(10)13/h1-4,11,14-15H,5,7-8,13H2. The second-order valence-electron chi connectivity index (χ2n) is 3.67. The van der Waals surface area contributed by atoms with Crippen molar-refractivity contribution in [1.29, 1.82) is 5.26 Å². The van der Waals surface area contributed by atoms with Gasteiger partial charge in [0.15, 0.2) is 9.84 Å². The van der Waals surface area contributed by atoms with Crippen LogP contribution in [0, 0.1) is 11.3 Å². The highest BCUT2D eigenvalue weighted by atomic mass is 32.2. The number of nitrogens with two attached hydrogens (primary N) is 1. The number of nitrogens with one attached hydrogen (secondary N) is 1. The Kier molecular flexibility index (Phi) is 4.95. The molecule has 1 rings (SSSR count). The third kappa shape index (κ3) is 3.61. The predicted molar refractivity (Wildman–Crippen MR) is 69.4 cm³/mol. The van der Waals surface area contributed by atoms with Gasteiger partial charge in [-0.15, -0.1) is 0 Å². The molecule has 0 saturated carbocycles. The summed E-state index contributed by atoms with van der Waals surface area (Å²) in [5, 5.41) is 19.0. The van der Waals surface area contributed by atoms with E-state index in [2.05, 4.69) is 5.32 Å². The van der Waals surface area contributed by atoms with Crippen molar-refractivity contribution in [3.63, 3.8) is 0 Å². The molecule has 6 nitrogen and oxygen atoms in total. The average Bonchev–Trinajstić information content (AvgIpc) is 2.31. The van der Waals surface area contributed by atoms with Gasteiger partial charge in [-0.1, -0.05) is 12.1 Å². The summed E-state index contributed by atoms with van der Waals surface area (Å²) in [5.74, 6) is -0.390. The number of aliphatic hydroxyl groups is 1. The Hall–Kier alpha value is -1.78. The smallest absolute Gasteiger partial charge is 0.174 e. The molecular weight excluding hydrogens is 254 g/mol. The third-order valence-electron chi connectivity index (χ3n) is 2.36. The van der Waals surface area contributed by atoms with Crippen LogP contribution in [-0.2, 0) is 9.84 Å². The Labute approximate surface area is 106 Å². The number of rotatable bonds is 6. The van der Waals surface area contributed by atoms with E-state index in [4.69, 9.17) is 16.1 Å². The van der Waals surface area contributed by atoms with E-state index in [0.29, 0.717) is 11.4 Å². The number of aliphatic hydroxyl groups excluding tert-OH is 1. The van der Waals surface area contributed by atoms with Crippen LogP contribution in [0.5, 0.6) is 0 Å². The molecule has 1 aromatic carbocycles. The molecule has 0 spiro atoms. The molecule has 0 aliphatic rings. The van der Waals surface area contributed by atoms with Gasteiger partial charge in [-0.3, -0.25) is 0 Å². The first-order valence-corrected chi connectivity index (χ1v) is 7.03. The Morgan fingerprint density at radius 1 is 1.44 bits per heavy atom. The maximum absolute atomic E-state index is 11.8. The van der Waals surface area contributed by atoms with Crippen molar-refractivity contribution >= 4 is 21.2 Å². The summed E-state index contributed by atoms with van der Waals surface area (Å²) in [7, 11) is -3.59. The second kappa shape index (κ2) is 6.23. The summed E-state index contributed by atoms with van der Waals surface area (Å²) < 4.78 is 23.6. The summed E-state index contributed by atoms with van der Waals surface area (Å²) in [4.78, 5) is 0. The molecule has 0 aromatic heterocycles. The minimum atomic E-state index is -3.59. The summed E-state index contributed by atoms with van der Waals surface area (Å²) in [5.41, 5.74) is 6.55. The highest BCUT2D eigenvalue weighted by molar-refractivity contribution is 7.92. The first-order valence-electron chi connectivity index (χ1n) is 5.31. The van der Waals surface area contributed by atoms with Crippen molar-refractivity contribution in [3.8, 4) is 6.07 Å². The zero-order valence-corrected chi connectivity index (χ0v) is 10.5. The number of nitrogens with zero attached hydrogens (tertiary/aromatic N) is 1. The van der Waals surface area contributed by atoms with Crippen molar-refractivity contribution in [2.45, 2.75) is 11.8 Å². The Morgan fingerprint density at radius 2 is 2.11 bits per heavy atom. The van der Waals surface area contributed by atoms with Gasteiger partial charge in [0.25, 0.3) is 0 Å². The summed E-state index contributed by atoms with van der Waals surface area (Å²) >= 11 is 0. The zero-order chi connectivity index (χ0) is 13.6. The lowest BCUT2D eigenvalue weighted by Crippen LogP contribution is -2.32. The molecule has 0 radical (unpaired) electrons. The van der Waals surface area contributed by atoms with Crippen LogP contribution in [0.3, 0.4) is 0 Å². The zero-order valence-electron chi connectivity index (χ0n) is 9.70. The summed E-state index contributed by atoms with van der Waals surface area (Å²) in [6.07, 6.45) is -0.212. The molecule has 0 aliphatic carbocycles. The first-order chi connectivity index (χ1) is 8.51. The lowest BCUT2D eigenvalue weighted by Gasteiger charge is -2.18. The fraction of sp³-hybridized carbons (Fsp3) is 0.364. The van der Waals surface area contributed by atoms with Crippen molar-refractivity contribution in [2.75, 3.05) is 23.4 Å². The van der Waals surface area contributed by atoms with Gasteiger partial charge in [0.1, 0.15) is 5.37 Å². The van der Waals surface area contributed by atoms with Gasteiger partial charge in [-0.25, -0.2) is 8.42 Å². The van der Waals surface area contributed by atoms with Gasteiger partial charge < -0.3 is 16.2 Å². The van der Waals surface area contributed by atoms with E-state index in [1.165, 1.54) is 0 Å². The van der Waals surface area contributed by atoms with Gasteiger partial charge in [0, 0.05) is 0 Å². The van der Waals surface area contributed by atoms with E-state index in [1.807, 2.05) is 6.07 Å². The first kappa shape index (κ1) is 14.3. The number of hydrogen-bond donors (Lipinski definition) is 3. The molecule has 4 N–H and O–H groups in total. The number of hydrogen-bond acceptors (Lipinski definition) is 6. The van der Waals surface area contributed by atoms with E-state index in [1.54, 1.807) is 24.3 Å². The quantitative estimate of drug-likeness (QED) is 0.641. The van der Waals surface area contributed by atoms with Gasteiger partial charge in [-0.05, 0) is 12.1 Å². The Morgan fingerprint density at radius 3 is 2.67 bits per heavy atom. The maximum Gasteiger partial charge on any atom is 0.174 e. The minimum Gasteiger partial charge on any atom is -0.397 e. The number of anilines is 2. The van der Waals surface area contributed by atoms with Crippen LogP contribution in [0.1, 0.15) is 6.42 Å². The molecule has 0 heterocycles. The molecule has 7 heteroatoms. The number of nitrogen functional groups attached to an aromatic ring is 1. The molecular formula is C11H15N3O3S. The Bertz CT molecular complexity index is 537. The topological polar surface area (TPSA) is 116 Å². The minimum absolute atomic E-state index is 0.212. The molecule has 1 aromatic rings. The number of sulfone groups is 1. The highest BCUT2D eigenvalue weighted by Gasteiger charge is 2.25. The SMILES string of the molecule is N#CCC(Nc1ccccc1N)S(=O)(=O)CCO. The molecule has 18 heavy (non-hydrogen) atoms. The number of benzene rings is 1. The largest absolute Gasteiger partial charge is 0.397 e. The van der Waals surface area contributed by atoms with Crippen molar-refractivity contribution < 1.29 is 13.5 Å². The van der Waals surface area contributed by atoms with Gasteiger partial charge in [0.05, 0.1) is 36.2 Å². The molecule has 0 amide bonds. The van der Waals surface area contributed by atoms with E-state index >= 15 is 0 Å². The maximum atomic E-state index is 11.8. The fourth-order valence-electron chi connectivity index (χ4n) is 1.42. The highest BCUT2D eigenvalue weighted by Crippen LogP contribution is 2.20. The van der Waals surface area contributed by atoms with E-state index in [9.17, 15) is 8.42 Å². The normalized spacial score (nSPS) is 12.7. The summed E-state index contributed by atoms with van der Waals surface area (Å²) in [6.45, 7) is -0.476. The van der Waals surface area contributed by atoms with E-state index < -0.39 is 21.8 Å². The monoisotopic (exact) mass is 269 g/mol. The number of para-hydroxylation sites is 2. The van der Waals surface area contributed by atoms with Crippen LogP contribution >= 0.6 is 0 Å².